The van der Waals surface area contributed by atoms with Gasteiger partial charge in [0.25, 0.3) is 0 Å². The van der Waals surface area contributed by atoms with Crippen LogP contribution in [0.3, 0.4) is 0 Å². The van der Waals surface area contributed by atoms with Crippen LogP contribution >= 0.6 is 0 Å². The van der Waals surface area contributed by atoms with Crippen LogP contribution in [0.15, 0.2) is 140 Å². The van der Waals surface area contributed by atoms with Crippen molar-refractivity contribution in [2.45, 2.75) is 19.3 Å². The lowest BCUT2D eigenvalue weighted by atomic mass is 9.82. The molecule has 46 heavy (non-hydrogen) atoms. The highest BCUT2D eigenvalue weighted by molar-refractivity contribution is 6.06. The Morgan fingerprint density at radius 1 is 0.500 bits per heavy atom. The molecule has 9 rings (SSSR count). The first-order valence-electron chi connectivity index (χ1n) is 15.6. The quantitative estimate of drug-likeness (QED) is 0.204. The Balaban J connectivity index is 1.09. The van der Waals surface area contributed by atoms with Crippen LogP contribution in [0.2, 0.25) is 0 Å². The molecule has 5 nitrogen and oxygen atoms in total. The monoisotopic (exact) mass is 591 g/mol. The van der Waals surface area contributed by atoms with Crippen molar-refractivity contribution < 1.29 is 0 Å². The largest absolute Gasteiger partial charge is 0.292 e. The number of aromatic nitrogens is 5. The lowest BCUT2D eigenvalue weighted by Gasteiger charge is -2.21. The molecule has 0 saturated carbocycles. The number of nitrogens with zero attached hydrogens (tertiary/aromatic N) is 5. The summed E-state index contributed by atoms with van der Waals surface area (Å²) in [5, 5.41) is 1.10. The molecule has 0 unspecified atom stereocenters. The number of rotatable bonds is 4. The molecule has 0 spiro atoms. The zero-order valence-electron chi connectivity index (χ0n) is 25.5. The topological polar surface area (TPSA) is 56.5 Å². The molecule has 1 aliphatic carbocycles. The molecule has 0 atom stereocenters. The van der Waals surface area contributed by atoms with Gasteiger partial charge in [-0.2, -0.15) is 0 Å². The van der Waals surface area contributed by atoms with E-state index in [-0.39, 0.29) is 5.41 Å². The van der Waals surface area contributed by atoms with E-state index in [1.807, 2.05) is 60.8 Å². The maximum Gasteiger partial charge on any atom is 0.138 e. The number of hydrogen-bond donors (Lipinski definition) is 0. The second kappa shape index (κ2) is 10.0. The first-order valence-corrected chi connectivity index (χ1v) is 15.6. The summed E-state index contributed by atoms with van der Waals surface area (Å²) in [7, 11) is 0. The van der Waals surface area contributed by atoms with Crippen LogP contribution in [0, 0.1) is 0 Å². The average Bonchev–Trinajstić information content (AvgIpc) is 3.57. The van der Waals surface area contributed by atoms with E-state index in [4.69, 9.17) is 15.0 Å². The Hall–Kier alpha value is -5.94. The highest BCUT2D eigenvalue weighted by Crippen LogP contribution is 2.49. The van der Waals surface area contributed by atoms with Crippen molar-refractivity contribution in [3.05, 3.63) is 151 Å². The fraction of sp³-hybridized carbons (Fsp3) is 0.0732. The summed E-state index contributed by atoms with van der Waals surface area (Å²) in [5.74, 6) is 0.825. The third kappa shape index (κ3) is 4.02. The zero-order chi connectivity index (χ0) is 30.8. The number of benzene rings is 3. The van der Waals surface area contributed by atoms with Crippen LogP contribution in [-0.2, 0) is 5.41 Å². The van der Waals surface area contributed by atoms with Crippen molar-refractivity contribution >= 4 is 21.9 Å². The van der Waals surface area contributed by atoms with Crippen LogP contribution in [0.25, 0.3) is 72.9 Å². The summed E-state index contributed by atoms with van der Waals surface area (Å²) in [5.41, 5.74) is 13.6. The number of para-hydroxylation sites is 1. The van der Waals surface area contributed by atoms with Crippen molar-refractivity contribution in [1.29, 1.82) is 0 Å². The zero-order valence-corrected chi connectivity index (χ0v) is 25.5. The molecule has 0 aliphatic heterocycles. The molecule has 218 valence electrons. The summed E-state index contributed by atoms with van der Waals surface area (Å²) in [4.78, 5) is 19.9. The molecule has 3 aromatic carbocycles. The van der Waals surface area contributed by atoms with Gasteiger partial charge in [0.15, 0.2) is 0 Å². The molecular formula is C41H29N5. The lowest BCUT2D eigenvalue weighted by molar-refractivity contribution is 0.660. The van der Waals surface area contributed by atoms with Crippen molar-refractivity contribution in [1.82, 2.24) is 24.5 Å². The van der Waals surface area contributed by atoms with E-state index >= 15 is 0 Å². The number of pyridine rings is 4. The molecule has 0 saturated heterocycles. The van der Waals surface area contributed by atoms with Gasteiger partial charge >= 0.3 is 0 Å². The van der Waals surface area contributed by atoms with Crippen molar-refractivity contribution in [2.24, 2.45) is 0 Å². The number of hydrogen-bond acceptors (Lipinski definition) is 4. The Labute approximate surface area is 266 Å². The molecule has 5 heteroatoms. The standard InChI is InChI=1S/C41H29N5/c1-41(2)30-13-5-3-11-27(30)28-23-22-26(25-31(28)41)32-14-7-15-33(43-32)34-16-8-17-35(44-34)36-18-9-21-39(45-36)46-37-19-6-4-12-29(37)40-38(46)20-10-24-42-40/h3-25H,1-2H3. The minimum Gasteiger partial charge on any atom is -0.292 e. The maximum atomic E-state index is 5.10. The Kier molecular flexibility index (Phi) is 5.78. The van der Waals surface area contributed by atoms with Crippen LogP contribution in [-0.4, -0.2) is 24.5 Å². The maximum absolute atomic E-state index is 5.10. The average molecular weight is 592 g/mol. The second-order valence-corrected chi connectivity index (χ2v) is 12.4. The van der Waals surface area contributed by atoms with E-state index in [1.165, 1.54) is 22.3 Å². The Bertz CT molecular complexity index is 2420. The van der Waals surface area contributed by atoms with E-state index in [1.54, 1.807) is 0 Å². The van der Waals surface area contributed by atoms with E-state index in [0.717, 1.165) is 61.8 Å². The highest BCUT2D eigenvalue weighted by Gasteiger charge is 2.35. The Morgan fingerprint density at radius 3 is 1.96 bits per heavy atom. The summed E-state index contributed by atoms with van der Waals surface area (Å²) in [6.45, 7) is 4.61. The van der Waals surface area contributed by atoms with Gasteiger partial charge in [0.2, 0.25) is 0 Å². The van der Waals surface area contributed by atoms with Crippen molar-refractivity contribution in [3.63, 3.8) is 0 Å². The molecule has 0 bridgehead atoms. The van der Waals surface area contributed by atoms with Gasteiger partial charge in [-0.25, -0.2) is 15.0 Å². The summed E-state index contributed by atoms with van der Waals surface area (Å²) in [6, 6.07) is 46.2. The Morgan fingerprint density at radius 2 is 1.13 bits per heavy atom. The second-order valence-electron chi connectivity index (χ2n) is 12.4. The van der Waals surface area contributed by atoms with E-state index < -0.39 is 0 Å². The third-order valence-corrected chi connectivity index (χ3v) is 9.29. The van der Waals surface area contributed by atoms with Gasteiger partial charge in [-0.1, -0.05) is 86.6 Å². The van der Waals surface area contributed by atoms with Crippen LogP contribution < -0.4 is 0 Å². The molecule has 8 aromatic rings. The summed E-state index contributed by atoms with van der Waals surface area (Å²) < 4.78 is 2.17. The summed E-state index contributed by atoms with van der Waals surface area (Å²) >= 11 is 0. The van der Waals surface area contributed by atoms with Gasteiger partial charge < -0.3 is 0 Å². The SMILES string of the molecule is CC1(C)c2ccccc2-c2ccc(-c3cccc(-c4cccc(-c5cccc(-n6c7ccccc7c7ncccc76)n5)n4)n3)cc21. The van der Waals surface area contributed by atoms with Gasteiger partial charge in [-0.15, -0.1) is 0 Å². The minimum absolute atomic E-state index is 0.0628. The van der Waals surface area contributed by atoms with E-state index in [0.29, 0.717) is 0 Å². The predicted octanol–water partition coefficient (Wildman–Crippen LogP) is 9.67. The first kappa shape index (κ1) is 26.5. The molecule has 0 radical (unpaired) electrons. The van der Waals surface area contributed by atoms with Gasteiger partial charge in [0.05, 0.1) is 45.0 Å². The van der Waals surface area contributed by atoms with Gasteiger partial charge in [0.1, 0.15) is 5.82 Å². The van der Waals surface area contributed by atoms with E-state index in [9.17, 15) is 0 Å². The molecule has 0 amide bonds. The van der Waals surface area contributed by atoms with Crippen LogP contribution in [0.5, 0.6) is 0 Å². The highest BCUT2D eigenvalue weighted by atomic mass is 15.1. The fourth-order valence-electron chi connectivity index (χ4n) is 7.04. The smallest absolute Gasteiger partial charge is 0.138 e. The molecule has 0 fully saturated rings. The molecule has 5 heterocycles. The molecule has 1 aliphatic rings. The first-order chi connectivity index (χ1) is 22.6. The van der Waals surface area contributed by atoms with E-state index in [2.05, 4.69) is 102 Å². The van der Waals surface area contributed by atoms with Gasteiger partial charge in [-0.05, 0) is 82.9 Å². The molecule has 0 N–H and O–H groups in total. The van der Waals surface area contributed by atoms with Crippen molar-refractivity contribution in [3.8, 4) is 51.0 Å². The van der Waals surface area contributed by atoms with Crippen LogP contribution in [0.1, 0.15) is 25.0 Å². The summed E-state index contributed by atoms with van der Waals surface area (Å²) in [6.07, 6.45) is 1.84. The van der Waals surface area contributed by atoms with Gasteiger partial charge in [0, 0.05) is 22.6 Å². The normalized spacial score (nSPS) is 13.2. The lowest BCUT2D eigenvalue weighted by Crippen LogP contribution is -2.14. The minimum atomic E-state index is -0.0628. The molecular weight excluding hydrogens is 562 g/mol. The van der Waals surface area contributed by atoms with Crippen molar-refractivity contribution in [2.75, 3.05) is 0 Å². The molecule has 5 aromatic heterocycles. The van der Waals surface area contributed by atoms with Gasteiger partial charge in [-0.3, -0.25) is 9.55 Å². The van der Waals surface area contributed by atoms with Crippen LogP contribution in [0.4, 0.5) is 0 Å². The fourth-order valence-corrected chi connectivity index (χ4v) is 7.04. The third-order valence-electron chi connectivity index (χ3n) is 9.29. The number of fused-ring (bicyclic) bond motifs is 6. The predicted molar refractivity (Wildman–Crippen MR) is 186 cm³/mol.